The predicted octanol–water partition coefficient (Wildman–Crippen LogP) is 4.06. The van der Waals surface area contributed by atoms with Crippen LogP contribution in [0.25, 0.3) is 0 Å². The van der Waals surface area contributed by atoms with Gasteiger partial charge in [-0.3, -0.25) is 4.79 Å². The van der Waals surface area contributed by atoms with E-state index >= 15 is 0 Å². The van der Waals surface area contributed by atoms with E-state index in [9.17, 15) is 4.79 Å². The van der Waals surface area contributed by atoms with Crippen molar-refractivity contribution in [3.8, 4) is 0 Å². The van der Waals surface area contributed by atoms with Crippen molar-refractivity contribution >= 4 is 29.0 Å². The molecule has 0 aliphatic carbocycles. The molecule has 0 bridgehead atoms. The number of carbonyl (C=O) groups excluding carboxylic acids is 1. The lowest BCUT2D eigenvalue weighted by atomic mass is 9.95. The number of fused-ring (bicyclic) bond motifs is 1. The van der Waals surface area contributed by atoms with E-state index in [0.717, 1.165) is 30.6 Å². The number of ketones is 1. The largest absolute Gasteiger partial charge is 0.312 e. The van der Waals surface area contributed by atoms with Crippen molar-refractivity contribution in [2.45, 2.75) is 19.4 Å². The van der Waals surface area contributed by atoms with E-state index in [1.54, 1.807) is 12.1 Å². The molecule has 0 spiro atoms. The maximum absolute atomic E-state index is 12.4. The molecule has 0 amide bonds. The average molecular weight is 320 g/mol. The first-order valence-electron chi connectivity index (χ1n) is 6.93. The van der Waals surface area contributed by atoms with Crippen LogP contribution in [-0.4, -0.2) is 12.3 Å². The third-order valence-corrected chi connectivity index (χ3v) is 4.50. The normalized spacial score (nSPS) is 13.8. The molecule has 2 aromatic rings. The lowest BCUT2D eigenvalue weighted by Crippen LogP contribution is -2.23. The number of hydrogen-bond acceptors (Lipinski definition) is 2. The van der Waals surface area contributed by atoms with E-state index in [2.05, 4.69) is 11.4 Å². The summed E-state index contributed by atoms with van der Waals surface area (Å²) in [6, 6.07) is 11.3. The van der Waals surface area contributed by atoms with Gasteiger partial charge in [0, 0.05) is 18.5 Å². The number of rotatable bonds is 3. The highest BCUT2D eigenvalue weighted by atomic mass is 35.5. The number of nitrogens with one attached hydrogen (secondary N) is 1. The summed E-state index contributed by atoms with van der Waals surface area (Å²) in [7, 11) is 0. The van der Waals surface area contributed by atoms with Gasteiger partial charge in [0.15, 0.2) is 5.78 Å². The Morgan fingerprint density at radius 2 is 1.90 bits per heavy atom. The fourth-order valence-electron chi connectivity index (χ4n) is 2.59. The molecule has 0 saturated heterocycles. The van der Waals surface area contributed by atoms with E-state index in [1.807, 2.05) is 18.2 Å². The number of carbonyl (C=O) groups is 1. The zero-order valence-corrected chi connectivity index (χ0v) is 13.0. The molecule has 4 heteroatoms. The summed E-state index contributed by atoms with van der Waals surface area (Å²) < 4.78 is 0. The van der Waals surface area contributed by atoms with Gasteiger partial charge < -0.3 is 5.32 Å². The van der Waals surface area contributed by atoms with Crippen LogP contribution >= 0.6 is 23.2 Å². The second-order valence-corrected chi connectivity index (χ2v) is 6.07. The van der Waals surface area contributed by atoms with Gasteiger partial charge in [-0.1, -0.05) is 41.4 Å². The minimum Gasteiger partial charge on any atom is -0.312 e. The maximum Gasteiger partial charge on any atom is 0.167 e. The lowest BCUT2D eigenvalue weighted by Gasteiger charge is -2.17. The molecule has 0 radical (unpaired) electrons. The van der Waals surface area contributed by atoms with Crippen molar-refractivity contribution in [1.82, 2.24) is 5.32 Å². The van der Waals surface area contributed by atoms with E-state index in [4.69, 9.17) is 23.2 Å². The smallest absolute Gasteiger partial charge is 0.167 e. The average Bonchev–Trinajstić information content (AvgIpc) is 2.50. The Morgan fingerprint density at radius 1 is 1.05 bits per heavy atom. The summed E-state index contributed by atoms with van der Waals surface area (Å²) in [6.07, 6.45) is 1.36. The topological polar surface area (TPSA) is 29.1 Å². The Balaban J connectivity index is 1.80. The second kappa shape index (κ2) is 6.18. The monoisotopic (exact) mass is 319 g/mol. The van der Waals surface area contributed by atoms with Crippen LogP contribution in [0, 0.1) is 0 Å². The first-order chi connectivity index (χ1) is 10.1. The molecule has 1 N–H and O–H groups in total. The Bertz CT molecular complexity index is 697. The highest BCUT2D eigenvalue weighted by molar-refractivity contribution is 6.42. The molecule has 108 valence electrons. The fraction of sp³-hybridized carbons (Fsp3) is 0.235. The van der Waals surface area contributed by atoms with Crippen molar-refractivity contribution in [1.29, 1.82) is 0 Å². The Hall–Kier alpha value is -1.35. The zero-order chi connectivity index (χ0) is 14.8. The van der Waals surface area contributed by atoms with Gasteiger partial charge in [0.25, 0.3) is 0 Å². The summed E-state index contributed by atoms with van der Waals surface area (Å²) >= 11 is 11.9. The Morgan fingerprint density at radius 3 is 2.71 bits per heavy atom. The zero-order valence-electron chi connectivity index (χ0n) is 11.5. The minimum atomic E-state index is 0.0989. The molecular weight excluding hydrogens is 305 g/mol. The van der Waals surface area contributed by atoms with E-state index in [1.165, 1.54) is 11.1 Å². The third-order valence-electron chi connectivity index (χ3n) is 3.76. The van der Waals surface area contributed by atoms with Crippen molar-refractivity contribution in [2.24, 2.45) is 0 Å². The molecular formula is C17H15Cl2NO. The van der Waals surface area contributed by atoms with Crippen molar-refractivity contribution in [2.75, 3.05) is 6.54 Å². The van der Waals surface area contributed by atoms with Gasteiger partial charge in [0.1, 0.15) is 0 Å². The van der Waals surface area contributed by atoms with Gasteiger partial charge in [-0.25, -0.2) is 0 Å². The van der Waals surface area contributed by atoms with Gasteiger partial charge in [-0.15, -0.1) is 0 Å². The van der Waals surface area contributed by atoms with Gasteiger partial charge in [-0.05, 0) is 47.9 Å². The van der Waals surface area contributed by atoms with Crippen LogP contribution in [0.2, 0.25) is 10.0 Å². The third kappa shape index (κ3) is 3.29. The number of hydrogen-bond donors (Lipinski definition) is 1. The summed E-state index contributed by atoms with van der Waals surface area (Å²) in [4.78, 5) is 12.4. The van der Waals surface area contributed by atoms with Crippen molar-refractivity contribution in [3.05, 3.63) is 68.7 Å². The summed E-state index contributed by atoms with van der Waals surface area (Å²) in [5.41, 5.74) is 4.19. The molecule has 0 saturated carbocycles. The molecule has 0 aromatic heterocycles. The Kier molecular flexibility index (Phi) is 4.29. The highest BCUT2D eigenvalue weighted by Gasteiger charge is 2.13. The summed E-state index contributed by atoms with van der Waals surface area (Å²) in [5.74, 6) is 0.0989. The summed E-state index contributed by atoms with van der Waals surface area (Å²) in [6.45, 7) is 1.84. The Labute approximate surface area is 134 Å². The van der Waals surface area contributed by atoms with Crippen LogP contribution in [0.4, 0.5) is 0 Å². The van der Waals surface area contributed by atoms with Crippen molar-refractivity contribution in [3.63, 3.8) is 0 Å². The lowest BCUT2D eigenvalue weighted by molar-refractivity contribution is 0.0993. The molecule has 2 nitrogen and oxygen atoms in total. The van der Waals surface area contributed by atoms with Crippen molar-refractivity contribution < 1.29 is 4.79 Å². The number of halogens is 2. The summed E-state index contributed by atoms with van der Waals surface area (Å²) in [5, 5.41) is 4.32. The number of benzene rings is 2. The van der Waals surface area contributed by atoms with Crippen LogP contribution in [-0.2, 0) is 19.4 Å². The van der Waals surface area contributed by atoms with Gasteiger partial charge in [0.2, 0.25) is 0 Å². The maximum atomic E-state index is 12.4. The molecule has 0 unspecified atom stereocenters. The van der Waals surface area contributed by atoms with Gasteiger partial charge in [-0.2, -0.15) is 0 Å². The molecule has 21 heavy (non-hydrogen) atoms. The number of Topliss-reactive ketones (excluding diaryl/α,β-unsaturated/α-hetero) is 1. The van der Waals surface area contributed by atoms with Crippen LogP contribution in [0.5, 0.6) is 0 Å². The second-order valence-electron chi connectivity index (χ2n) is 5.26. The molecule has 0 atom stereocenters. The van der Waals surface area contributed by atoms with Crippen LogP contribution < -0.4 is 5.32 Å². The SMILES string of the molecule is O=C(Cc1ccc(Cl)c(Cl)c1)c1ccc2c(c1)CNCC2. The van der Waals surface area contributed by atoms with Crippen LogP contribution in [0.1, 0.15) is 27.0 Å². The first kappa shape index (κ1) is 14.6. The van der Waals surface area contributed by atoms with Gasteiger partial charge >= 0.3 is 0 Å². The molecule has 1 aliphatic heterocycles. The van der Waals surface area contributed by atoms with E-state index in [0.29, 0.717) is 16.5 Å². The minimum absolute atomic E-state index is 0.0989. The van der Waals surface area contributed by atoms with E-state index < -0.39 is 0 Å². The predicted molar refractivity (Wildman–Crippen MR) is 86.3 cm³/mol. The highest BCUT2D eigenvalue weighted by Crippen LogP contribution is 2.24. The molecule has 2 aromatic carbocycles. The molecule has 0 fully saturated rings. The molecule has 3 rings (SSSR count). The molecule has 1 heterocycles. The van der Waals surface area contributed by atoms with Crippen LogP contribution in [0.15, 0.2) is 36.4 Å². The first-order valence-corrected chi connectivity index (χ1v) is 7.69. The fourth-order valence-corrected chi connectivity index (χ4v) is 2.91. The van der Waals surface area contributed by atoms with E-state index in [-0.39, 0.29) is 5.78 Å². The quantitative estimate of drug-likeness (QED) is 0.864. The van der Waals surface area contributed by atoms with Gasteiger partial charge in [0.05, 0.1) is 10.0 Å². The molecule has 1 aliphatic rings. The van der Waals surface area contributed by atoms with Crippen LogP contribution in [0.3, 0.4) is 0 Å². The standard InChI is InChI=1S/C17H15Cl2NO/c18-15-4-1-11(7-16(15)19)8-17(21)13-3-2-12-5-6-20-10-14(12)9-13/h1-4,7,9,20H,5-6,8,10H2.